The van der Waals surface area contributed by atoms with Crippen LogP contribution in [0.15, 0.2) is 60.7 Å². The summed E-state index contributed by atoms with van der Waals surface area (Å²) in [6, 6.07) is 21.8. The molecule has 134 valence electrons. The van der Waals surface area contributed by atoms with Crippen molar-refractivity contribution >= 4 is 10.0 Å². The van der Waals surface area contributed by atoms with Crippen molar-refractivity contribution < 1.29 is 0 Å². The zero-order chi connectivity index (χ0) is 18.1. The first-order valence-electron chi connectivity index (χ1n) is 9.00. The molecule has 0 fully saturated rings. The number of nitrogens with zero attached hydrogens (tertiary/aromatic N) is 1. The van der Waals surface area contributed by atoms with E-state index in [0.717, 1.165) is 25.9 Å². The van der Waals surface area contributed by atoms with Crippen LogP contribution < -0.4 is 0 Å². The Balaban J connectivity index is 2.27. The predicted octanol–water partition coefficient (Wildman–Crippen LogP) is 5.51. The Morgan fingerprint density at radius 2 is 1.32 bits per heavy atom. The summed E-state index contributed by atoms with van der Waals surface area (Å²) in [4.78, 5) is 2.53. The van der Waals surface area contributed by atoms with E-state index in [1.165, 1.54) is 11.1 Å². The van der Waals surface area contributed by atoms with Gasteiger partial charge in [-0.2, -0.15) is 10.0 Å². The van der Waals surface area contributed by atoms with E-state index in [-0.39, 0.29) is 0 Å². The fraction of sp³-hybridized carbons (Fsp3) is 0.391. The van der Waals surface area contributed by atoms with Crippen LogP contribution in [0.2, 0.25) is 0 Å². The third-order valence-electron chi connectivity index (χ3n) is 3.99. The van der Waals surface area contributed by atoms with E-state index in [9.17, 15) is 0 Å². The quantitative estimate of drug-likeness (QED) is 0.593. The zero-order valence-corrected chi connectivity index (χ0v) is 16.9. The topological polar surface area (TPSA) is 3.24 Å². The summed E-state index contributed by atoms with van der Waals surface area (Å²) in [5, 5.41) is 3.55. The normalized spacial score (nSPS) is 13.2. The van der Waals surface area contributed by atoms with Crippen molar-refractivity contribution in [2.45, 2.75) is 38.9 Å². The van der Waals surface area contributed by atoms with Gasteiger partial charge in [-0.15, -0.1) is 0 Å². The van der Waals surface area contributed by atoms with Gasteiger partial charge < -0.3 is 0 Å². The van der Waals surface area contributed by atoms with Gasteiger partial charge in [0.15, 0.2) is 0 Å². The Morgan fingerprint density at radius 1 is 0.840 bits per heavy atom. The molecule has 2 heteroatoms. The molecular weight excluding hydrogens is 322 g/mol. The first kappa shape index (κ1) is 19.6. The van der Waals surface area contributed by atoms with E-state index in [1.54, 1.807) is 0 Å². The molecule has 0 heterocycles. The third kappa shape index (κ3) is 7.38. The highest BCUT2D eigenvalue weighted by Gasteiger charge is 2.17. The van der Waals surface area contributed by atoms with Crippen LogP contribution in [0.25, 0.3) is 0 Å². The van der Waals surface area contributed by atoms with Gasteiger partial charge in [0.05, 0.1) is 6.04 Å². The molecule has 1 nitrogen and oxygen atoms in total. The van der Waals surface area contributed by atoms with E-state index in [1.807, 2.05) is 0 Å². The smallest absolute Gasteiger partial charge is 0.0728 e. The monoisotopic (exact) mass is 353 g/mol. The first-order valence-corrected chi connectivity index (χ1v) is 11.9. The summed E-state index contributed by atoms with van der Waals surface area (Å²) in [7, 11) is -0.805. The van der Waals surface area contributed by atoms with Gasteiger partial charge in [0.25, 0.3) is 0 Å². The van der Waals surface area contributed by atoms with Crippen LogP contribution in [0.3, 0.4) is 0 Å². The highest BCUT2D eigenvalue weighted by Crippen LogP contribution is 2.32. The van der Waals surface area contributed by atoms with E-state index in [4.69, 9.17) is 0 Å². The summed E-state index contributed by atoms with van der Waals surface area (Å²) >= 11 is 0. The maximum Gasteiger partial charge on any atom is 0.0728 e. The minimum Gasteiger partial charge on any atom is -0.281 e. The van der Waals surface area contributed by atoms with E-state index in [2.05, 4.69) is 102 Å². The maximum atomic E-state index is 3.61. The van der Waals surface area contributed by atoms with Gasteiger partial charge in [-0.05, 0) is 36.3 Å². The van der Waals surface area contributed by atoms with Gasteiger partial charge >= 0.3 is 0 Å². The van der Waals surface area contributed by atoms with Gasteiger partial charge in [0.2, 0.25) is 0 Å². The third-order valence-corrected chi connectivity index (χ3v) is 4.72. The number of rotatable bonds is 7. The molecule has 0 spiro atoms. The number of hydrogen-bond donors (Lipinski definition) is 0. The lowest BCUT2D eigenvalue weighted by molar-refractivity contribution is 0.208. The minimum absolute atomic E-state index is 0.303. The Morgan fingerprint density at radius 3 is 1.72 bits per heavy atom. The largest absolute Gasteiger partial charge is 0.281 e. The number of hydrogen-bond acceptors (Lipinski definition) is 1. The molecule has 0 saturated carbocycles. The predicted molar refractivity (Wildman–Crippen MR) is 114 cm³/mol. The average Bonchev–Trinajstić information content (AvgIpc) is 2.59. The molecule has 1 atom stereocenters. The molecule has 0 aromatic heterocycles. The van der Waals surface area contributed by atoms with Crippen molar-refractivity contribution in [1.29, 1.82) is 0 Å². The van der Waals surface area contributed by atoms with Gasteiger partial charge in [-0.1, -0.05) is 85.2 Å². The molecule has 0 radical (unpaired) electrons. The molecule has 2 rings (SSSR count). The summed E-state index contributed by atoms with van der Waals surface area (Å²) < 4.78 is 0. The molecule has 0 bridgehead atoms. The minimum atomic E-state index is -0.805. The second-order valence-electron chi connectivity index (χ2n) is 7.26. The second kappa shape index (κ2) is 9.70. The van der Waals surface area contributed by atoms with Crippen LogP contribution in [0, 0.1) is 11.2 Å². The molecule has 25 heavy (non-hydrogen) atoms. The van der Waals surface area contributed by atoms with Gasteiger partial charge in [-0.25, -0.2) is 0 Å². The highest BCUT2D eigenvalue weighted by molar-refractivity contribution is 8.35. The SMILES string of the molecule is CCCC(C#CS(C)(C)C)N(Cc1ccccc1)Cc1ccccc1. The molecule has 0 aliphatic carbocycles. The lowest BCUT2D eigenvalue weighted by atomic mass is 10.1. The molecular formula is C23H31NS. The van der Waals surface area contributed by atoms with Crippen LogP contribution >= 0.6 is 10.0 Å². The first-order chi connectivity index (χ1) is 12.0. The highest BCUT2D eigenvalue weighted by atomic mass is 32.3. The van der Waals surface area contributed by atoms with Crippen molar-refractivity contribution in [2.24, 2.45) is 0 Å². The van der Waals surface area contributed by atoms with Crippen molar-refractivity contribution in [3.05, 3.63) is 71.8 Å². The Labute approximate surface area is 155 Å². The molecule has 0 N–H and O–H groups in total. The van der Waals surface area contributed by atoms with Crippen molar-refractivity contribution in [2.75, 3.05) is 18.8 Å². The van der Waals surface area contributed by atoms with Crippen molar-refractivity contribution in [1.82, 2.24) is 4.90 Å². The molecule has 0 aliphatic heterocycles. The van der Waals surface area contributed by atoms with Crippen molar-refractivity contribution in [3.8, 4) is 11.2 Å². The second-order valence-corrected chi connectivity index (χ2v) is 11.1. The standard InChI is InChI=1S/C23H31NS/c1-5-12-23(17-18-25(2,3)4)24(19-21-13-8-6-9-14-21)20-22-15-10-7-11-16-22/h6-11,13-16,23H,5,12,19-20H2,1-4H3. The van der Waals surface area contributed by atoms with Gasteiger partial charge in [-0.3, -0.25) is 4.90 Å². The lowest BCUT2D eigenvalue weighted by Gasteiger charge is -2.29. The van der Waals surface area contributed by atoms with Crippen LogP contribution in [0.5, 0.6) is 0 Å². The van der Waals surface area contributed by atoms with Crippen molar-refractivity contribution in [3.63, 3.8) is 0 Å². The molecule has 0 amide bonds. The van der Waals surface area contributed by atoms with Crippen LogP contribution in [0.4, 0.5) is 0 Å². The van der Waals surface area contributed by atoms with E-state index < -0.39 is 10.0 Å². The van der Waals surface area contributed by atoms with E-state index >= 15 is 0 Å². The molecule has 2 aromatic rings. The molecule has 1 unspecified atom stereocenters. The summed E-state index contributed by atoms with van der Waals surface area (Å²) in [6.07, 6.45) is 9.06. The van der Waals surface area contributed by atoms with Gasteiger partial charge in [0, 0.05) is 13.1 Å². The van der Waals surface area contributed by atoms with Crippen LogP contribution in [0.1, 0.15) is 30.9 Å². The summed E-state index contributed by atoms with van der Waals surface area (Å²) in [5.74, 6) is 3.61. The molecule has 2 aromatic carbocycles. The molecule has 0 aliphatic rings. The van der Waals surface area contributed by atoms with Crippen LogP contribution in [-0.4, -0.2) is 29.7 Å². The lowest BCUT2D eigenvalue weighted by Crippen LogP contribution is -2.33. The fourth-order valence-electron chi connectivity index (χ4n) is 2.78. The summed E-state index contributed by atoms with van der Waals surface area (Å²) in [5.41, 5.74) is 2.70. The average molecular weight is 354 g/mol. The molecule has 0 saturated heterocycles. The maximum absolute atomic E-state index is 3.61. The fourth-order valence-corrected chi connectivity index (χ4v) is 3.27. The Hall–Kier alpha value is -1.69. The Kier molecular flexibility index (Phi) is 7.62. The van der Waals surface area contributed by atoms with E-state index in [0.29, 0.717) is 6.04 Å². The zero-order valence-electron chi connectivity index (χ0n) is 16.0. The number of benzene rings is 2. The van der Waals surface area contributed by atoms with Crippen LogP contribution in [-0.2, 0) is 13.1 Å². The van der Waals surface area contributed by atoms with Gasteiger partial charge in [0.1, 0.15) is 0 Å². The Bertz CT molecular complexity index is 635. The summed E-state index contributed by atoms with van der Waals surface area (Å²) in [6.45, 7) is 4.13.